The van der Waals surface area contributed by atoms with Crippen LogP contribution in [-0.4, -0.2) is 40.3 Å². The van der Waals surface area contributed by atoms with Gasteiger partial charge in [-0.2, -0.15) is 0 Å². The Kier molecular flexibility index (Phi) is 3.93. The van der Waals surface area contributed by atoms with Crippen molar-refractivity contribution in [3.05, 3.63) is 71.2 Å². The molecule has 1 aliphatic carbocycles. The highest BCUT2D eigenvalue weighted by atomic mass is 19.1. The van der Waals surface area contributed by atoms with E-state index in [2.05, 4.69) is 22.4 Å². The smallest absolute Gasteiger partial charge is 0.268 e. The molecule has 3 aromatic rings. The summed E-state index contributed by atoms with van der Waals surface area (Å²) in [7, 11) is 0. The van der Waals surface area contributed by atoms with Gasteiger partial charge in [0.1, 0.15) is 11.5 Å². The summed E-state index contributed by atoms with van der Waals surface area (Å²) >= 11 is 0. The highest BCUT2D eigenvalue weighted by Gasteiger charge is 2.37. The maximum absolute atomic E-state index is 13.3. The van der Waals surface area contributed by atoms with E-state index in [0.29, 0.717) is 29.6 Å². The van der Waals surface area contributed by atoms with Gasteiger partial charge in [-0.15, -0.1) is 0 Å². The molecule has 0 spiro atoms. The fourth-order valence-corrected chi connectivity index (χ4v) is 4.43. The molecular weight excluding hydrogens is 357 g/mol. The number of halogens is 1. The Hall–Kier alpha value is -3.15. The lowest BCUT2D eigenvalue weighted by molar-refractivity contribution is -0.129. The molecule has 0 unspecified atom stereocenters. The van der Waals surface area contributed by atoms with E-state index in [0.717, 1.165) is 12.8 Å². The zero-order valence-electron chi connectivity index (χ0n) is 15.2. The predicted molar refractivity (Wildman–Crippen MR) is 103 cm³/mol. The largest absolute Gasteiger partial charge is 0.351 e. The number of rotatable bonds is 3. The minimum absolute atomic E-state index is 0.0850. The second-order valence-electron chi connectivity index (χ2n) is 7.67. The molecule has 1 saturated heterocycles. The summed E-state index contributed by atoms with van der Waals surface area (Å²) in [5.74, 6) is -0.527. The fourth-order valence-electron chi connectivity index (χ4n) is 4.43. The number of aromatic nitrogens is 1. The van der Waals surface area contributed by atoms with E-state index in [1.54, 1.807) is 12.1 Å². The molecule has 0 radical (unpaired) electrons. The fraction of sp³-hybridized carbons (Fsp3) is 0.273. The topological polar surface area (TPSA) is 65.2 Å². The lowest BCUT2D eigenvalue weighted by Crippen LogP contribution is -2.41. The maximum atomic E-state index is 13.3. The van der Waals surface area contributed by atoms with Crippen LogP contribution in [0.15, 0.2) is 48.5 Å². The van der Waals surface area contributed by atoms with Crippen LogP contribution in [-0.2, 0) is 17.6 Å². The molecule has 2 heterocycles. The third-order valence-corrected chi connectivity index (χ3v) is 5.79. The molecule has 2 N–H and O–H groups in total. The first kappa shape index (κ1) is 17.0. The van der Waals surface area contributed by atoms with E-state index in [9.17, 15) is 14.0 Å². The highest BCUT2D eigenvalue weighted by molar-refractivity contribution is 5.98. The van der Waals surface area contributed by atoms with Gasteiger partial charge in [0.25, 0.3) is 5.91 Å². The first-order valence-electron chi connectivity index (χ1n) is 9.52. The van der Waals surface area contributed by atoms with E-state index in [4.69, 9.17) is 0 Å². The number of aromatic amines is 1. The van der Waals surface area contributed by atoms with Crippen LogP contribution in [0.2, 0.25) is 0 Å². The molecule has 2 aliphatic rings. The Morgan fingerprint density at radius 3 is 2.57 bits per heavy atom. The molecule has 1 fully saturated rings. The van der Waals surface area contributed by atoms with Crippen LogP contribution in [0.1, 0.15) is 28.0 Å². The third-order valence-electron chi connectivity index (χ3n) is 5.79. The van der Waals surface area contributed by atoms with E-state index in [1.165, 1.54) is 23.3 Å². The molecule has 6 heteroatoms. The van der Waals surface area contributed by atoms with Crippen molar-refractivity contribution in [1.29, 1.82) is 0 Å². The van der Waals surface area contributed by atoms with E-state index in [1.807, 2.05) is 17.0 Å². The van der Waals surface area contributed by atoms with Gasteiger partial charge < -0.3 is 15.2 Å². The number of nitrogens with zero attached hydrogens (tertiary/aromatic N) is 1. The minimum Gasteiger partial charge on any atom is -0.351 e. The van der Waals surface area contributed by atoms with Crippen LogP contribution in [0.4, 0.5) is 4.39 Å². The van der Waals surface area contributed by atoms with Crippen LogP contribution in [0, 0.1) is 5.82 Å². The first-order valence-corrected chi connectivity index (χ1v) is 9.52. The minimum atomic E-state index is -0.340. The normalized spacial score (nSPS) is 19.4. The highest BCUT2D eigenvalue weighted by Crippen LogP contribution is 2.28. The lowest BCUT2D eigenvalue weighted by atomic mass is 10.1. The SMILES string of the molecule is O=C(N[C@@H]1CC(=O)N(C2Cc3ccccc3C2)C1)c1cc2cc(F)ccc2[nH]1. The third kappa shape index (κ3) is 2.95. The van der Waals surface area contributed by atoms with E-state index >= 15 is 0 Å². The number of carbonyl (C=O) groups excluding carboxylic acids is 2. The van der Waals surface area contributed by atoms with Gasteiger partial charge in [0.15, 0.2) is 0 Å². The van der Waals surface area contributed by atoms with Gasteiger partial charge in [-0.3, -0.25) is 9.59 Å². The number of H-pyrrole nitrogens is 1. The molecular formula is C22H20FN3O2. The Balaban J connectivity index is 1.26. The van der Waals surface area contributed by atoms with Crippen LogP contribution < -0.4 is 5.32 Å². The average molecular weight is 377 g/mol. The standard InChI is InChI=1S/C22H20FN3O2/c23-16-5-6-19-15(7-16)10-20(25-19)22(28)24-17-11-21(27)26(12-17)18-8-13-3-1-2-4-14(13)9-18/h1-7,10,17-18,25H,8-9,11-12H2,(H,24,28)/t17-/m1/s1. The zero-order chi connectivity index (χ0) is 19.3. The van der Waals surface area contributed by atoms with Gasteiger partial charge in [-0.25, -0.2) is 4.39 Å². The van der Waals surface area contributed by atoms with E-state index < -0.39 is 0 Å². The Labute approximate surface area is 161 Å². The van der Waals surface area contributed by atoms with Crippen molar-refractivity contribution < 1.29 is 14.0 Å². The molecule has 2 amide bonds. The van der Waals surface area contributed by atoms with Gasteiger partial charge in [-0.05, 0) is 48.2 Å². The van der Waals surface area contributed by atoms with Crippen LogP contribution >= 0.6 is 0 Å². The Bertz CT molecular complexity index is 1070. The summed E-state index contributed by atoms with van der Waals surface area (Å²) in [6.07, 6.45) is 2.06. The van der Waals surface area contributed by atoms with Gasteiger partial charge in [0.2, 0.25) is 5.91 Å². The van der Waals surface area contributed by atoms with E-state index in [-0.39, 0.29) is 29.7 Å². The molecule has 142 valence electrons. The van der Waals surface area contributed by atoms with Crippen molar-refractivity contribution in [2.24, 2.45) is 0 Å². The second kappa shape index (κ2) is 6.48. The van der Waals surface area contributed by atoms with Crippen LogP contribution in [0.5, 0.6) is 0 Å². The Morgan fingerprint density at radius 2 is 1.82 bits per heavy atom. The maximum Gasteiger partial charge on any atom is 0.268 e. The van der Waals surface area contributed by atoms with Crippen molar-refractivity contribution in [1.82, 2.24) is 15.2 Å². The van der Waals surface area contributed by atoms with Crippen LogP contribution in [0.3, 0.4) is 0 Å². The van der Waals surface area contributed by atoms with Gasteiger partial charge in [0, 0.05) is 29.9 Å². The second-order valence-corrected chi connectivity index (χ2v) is 7.67. The van der Waals surface area contributed by atoms with Crippen LogP contribution in [0.25, 0.3) is 10.9 Å². The molecule has 5 nitrogen and oxygen atoms in total. The van der Waals surface area contributed by atoms with Crippen molar-refractivity contribution in [2.45, 2.75) is 31.3 Å². The number of fused-ring (bicyclic) bond motifs is 2. The van der Waals surface area contributed by atoms with Crippen molar-refractivity contribution in [3.8, 4) is 0 Å². The van der Waals surface area contributed by atoms with Crippen molar-refractivity contribution in [2.75, 3.05) is 6.54 Å². The number of amides is 2. The summed E-state index contributed by atoms with van der Waals surface area (Å²) in [6, 6.07) is 14.2. The predicted octanol–water partition coefficient (Wildman–Crippen LogP) is 2.81. The Morgan fingerprint density at radius 1 is 1.07 bits per heavy atom. The van der Waals surface area contributed by atoms with Gasteiger partial charge >= 0.3 is 0 Å². The van der Waals surface area contributed by atoms with Crippen molar-refractivity contribution in [3.63, 3.8) is 0 Å². The monoisotopic (exact) mass is 377 g/mol. The van der Waals surface area contributed by atoms with Gasteiger partial charge in [-0.1, -0.05) is 24.3 Å². The number of hydrogen-bond acceptors (Lipinski definition) is 2. The number of carbonyl (C=O) groups is 2. The van der Waals surface area contributed by atoms with Gasteiger partial charge in [0.05, 0.1) is 6.04 Å². The molecule has 1 atom stereocenters. The number of nitrogens with one attached hydrogen (secondary N) is 2. The molecule has 2 aromatic carbocycles. The summed E-state index contributed by atoms with van der Waals surface area (Å²) in [6.45, 7) is 0.526. The zero-order valence-corrected chi connectivity index (χ0v) is 15.2. The molecule has 28 heavy (non-hydrogen) atoms. The molecule has 1 aromatic heterocycles. The molecule has 0 saturated carbocycles. The summed E-state index contributed by atoms with van der Waals surface area (Å²) < 4.78 is 13.3. The lowest BCUT2D eigenvalue weighted by Gasteiger charge is -2.24. The number of likely N-dealkylation sites (tertiary alicyclic amines) is 1. The summed E-state index contributed by atoms with van der Waals surface area (Å²) in [4.78, 5) is 30.1. The molecule has 5 rings (SSSR count). The first-order chi connectivity index (χ1) is 13.6. The number of benzene rings is 2. The summed E-state index contributed by atoms with van der Waals surface area (Å²) in [5.41, 5.74) is 3.69. The average Bonchev–Trinajstić information content (AvgIpc) is 3.37. The molecule has 1 aliphatic heterocycles. The van der Waals surface area contributed by atoms with Crippen molar-refractivity contribution >= 4 is 22.7 Å². The quantitative estimate of drug-likeness (QED) is 0.737. The molecule has 0 bridgehead atoms. The summed E-state index contributed by atoms with van der Waals surface area (Å²) in [5, 5.41) is 3.60. The number of hydrogen-bond donors (Lipinski definition) is 2.